The first kappa shape index (κ1) is 27.5. The van der Waals surface area contributed by atoms with Crippen molar-refractivity contribution in [3.05, 3.63) is 29.3 Å². The van der Waals surface area contributed by atoms with E-state index in [1.165, 1.54) is 11.4 Å². The lowest BCUT2D eigenvalue weighted by atomic mass is 10.00. The number of aliphatic hydroxyl groups is 5. The highest BCUT2D eigenvalue weighted by Crippen LogP contribution is 2.27. The van der Waals surface area contributed by atoms with E-state index in [1.807, 2.05) is 23.1 Å². The Kier molecular flexibility index (Phi) is 9.62. The van der Waals surface area contributed by atoms with Crippen molar-refractivity contribution in [2.75, 3.05) is 44.2 Å². The summed E-state index contributed by atoms with van der Waals surface area (Å²) in [7, 11) is 0. The summed E-state index contributed by atoms with van der Waals surface area (Å²) in [4.78, 5) is 17.2. The van der Waals surface area contributed by atoms with Crippen LogP contribution in [0.1, 0.15) is 49.5 Å². The quantitative estimate of drug-likeness (QED) is 0.231. The van der Waals surface area contributed by atoms with E-state index in [-0.39, 0.29) is 18.5 Å². The summed E-state index contributed by atoms with van der Waals surface area (Å²) in [5, 5.41) is 51.5. The molecule has 3 rings (SSSR count). The Labute approximate surface area is 207 Å². The molecule has 0 spiro atoms. The normalized spacial score (nSPS) is 20.9. The second kappa shape index (κ2) is 12.2. The Bertz CT molecular complexity index is 902. The van der Waals surface area contributed by atoms with Crippen LogP contribution in [0.5, 0.6) is 0 Å². The number of nitrogens with zero attached hydrogens (tertiary/aromatic N) is 3. The van der Waals surface area contributed by atoms with Crippen LogP contribution in [0, 0.1) is 0 Å². The van der Waals surface area contributed by atoms with Crippen LogP contribution in [0.15, 0.2) is 18.2 Å². The summed E-state index contributed by atoms with van der Waals surface area (Å²) in [5.41, 5.74) is 2.93. The smallest absolute Gasteiger partial charge is 0.251 e. The number of rotatable bonds is 10. The number of likely N-dealkylation sites (tertiary alicyclic amines) is 1. The second-order valence-corrected chi connectivity index (χ2v) is 9.50. The lowest BCUT2D eigenvalue weighted by Crippen LogP contribution is -2.52. The van der Waals surface area contributed by atoms with Crippen molar-refractivity contribution >= 4 is 17.4 Å². The van der Waals surface area contributed by atoms with Crippen LogP contribution in [-0.4, -0.2) is 117 Å². The highest BCUT2D eigenvalue weighted by Gasteiger charge is 2.33. The number of carbonyl (C=O) groups is 1. The van der Waals surface area contributed by atoms with E-state index in [0.29, 0.717) is 31.5 Å². The number of anilines is 1. The largest absolute Gasteiger partial charge is 0.394 e. The van der Waals surface area contributed by atoms with Gasteiger partial charge in [0.2, 0.25) is 5.84 Å². The number of aliphatic hydroxyl groups excluding tert-OH is 5. The molecule has 196 valence electrons. The fourth-order valence-electron chi connectivity index (χ4n) is 4.96. The number of benzene rings is 1. The van der Waals surface area contributed by atoms with Crippen molar-refractivity contribution < 1.29 is 34.9 Å². The number of β-amino-alcohol motifs (C(OH)–C–C–N with tert-alkyl or cyclic N) is 1. The van der Waals surface area contributed by atoms with Crippen LogP contribution >= 0.6 is 0 Å². The van der Waals surface area contributed by atoms with Gasteiger partial charge in [0.15, 0.2) is 0 Å². The molecule has 2 heterocycles. The van der Waals surface area contributed by atoms with Crippen molar-refractivity contribution in [3.63, 3.8) is 0 Å². The van der Waals surface area contributed by atoms with E-state index in [2.05, 4.69) is 35.6 Å². The Hall–Kier alpha value is -2.08. The van der Waals surface area contributed by atoms with Gasteiger partial charge in [-0.25, -0.2) is 4.90 Å². The molecule has 10 nitrogen and oxygen atoms in total. The molecule has 0 aromatic heterocycles. The number of hydrogen-bond acceptors (Lipinski definition) is 8. The SMILES string of the molecule is CCN1C(C)=[N+](CC)Cc2ccc(C(=O)NC3CCN(C[C@H](O)[C@@H](O)[C@H](O)[C@H](O)CO)CC3)cc21. The minimum absolute atomic E-state index is 0.00445. The fraction of sp³-hybridized carbons (Fsp3) is 0.680. The van der Waals surface area contributed by atoms with Gasteiger partial charge in [-0.2, -0.15) is 0 Å². The zero-order valence-electron chi connectivity index (χ0n) is 21.0. The van der Waals surface area contributed by atoms with Gasteiger partial charge in [0, 0.05) is 43.7 Å². The van der Waals surface area contributed by atoms with Crippen LogP contribution in [0.3, 0.4) is 0 Å². The highest BCUT2D eigenvalue weighted by molar-refractivity contribution is 5.99. The van der Waals surface area contributed by atoms with Gasteiger partial charge in [0.05, 0.1) is 25.8 Å². The van der Waals surface area contributed by atoms with E-state index < -0.39 is 31.0 Å². The molecule has 0 aliphatic carbocycles. The van der Waals surface area contributed by atoms with Crippen molar-refractivity contribution in [3.8, 4) is 0 Å². The van der Waals surface area contributed by atoms with Crippen molar-refractivity contribution in [2.45, 2.75) is 70.6 Å². The molecular weight excluding hydrogens is 452 g/mol. The highest BCUT2D eigenvalue weighted by atomic mass is 16.4. The van der Waals surface area contributed by atoms with Gasteiger partial charge in [0.1, 0.15) is 30.5 Å². The molecular formula is C25H41N4O6+. The van der Waals surface area contributed by atoms with Gasteiger partial charge in [-0.3, -0.25) is 9.37 Å². The zero-order chi connectivity index (χ0) is 25.7. The van der Waals surface area contributed by atoms with E-state index in [4.69, 9.17) is 5.11 Å². The first-order valence-corrected chi connectivity index (χ1v) is 12.5. The van der Waals surface area contributed by atoms with Gasteiger partial charge < -0.3 is 35.7 Å². The summed E-state index contributed by atoms with van der Waals surface area (Å²) in [5.74, 6) is 1.09. The van der Waals surface area contributed by atoms with Crippen molar-refractivity contribution in [1.82, 2.24) is 10.2 Å². The van der Waals surface area contributed by atoms with Crippen LogP contribution in [-0.2, 0) is 6.54 Å². The second-order valence-electron chi connectivity index (χ2n) is 9.50. The monoisotopic (exact) mass is 493 g/mol. The standard InChI is InChI=1S/C25H40N4O6/c1-4-28-13-18-7-6-17(12-20(18)29(5-2)16(28)3)25(35)26-19-8-10-27(11-9-19)14-21(31)23(33)24(34)22(32)15-30/h6-7,12,19,21-24,30-34H,4-5,8-11,13-15H2,1-3H3/p+1/t21-,22+,23+,24+/m0/s1. The maximum absolute atomic E-state index is 13.0. The van der Waals surface area contributed by atoms with Crippen molar-refractivity contribution in [1.29, 1.82) is 0 Å². The average Bonchev–Trinajstić information content (AvgIpc) is 2.87. The van der Waals surface area contributed by atoms with Crippen LogP contribution in [0.25, 0.3) is 0 Å². The molecule has 0 radical (unpaired) electrons. The third-order valence-corrected chi connectivity index (χ3v) is 7.24. The summed E-state index contributed by atoms with van der Waals surface area (Å²) < 4.78 is 2.32. The van der Waals surface area contributed by atoms with Gasteiger partial charge in [0.25, 0.3) is 5.91 Å². The van der Waals surface area contributed by atoms with Gasteiger partial charge in [-0.15, -0.1) is 0 Å². The first-order chi connectivity index (χ1) is 16.7. The van der Waals surface area contributed by atoms with Crippen LogP contribution in [0.4, 0.5) is 5.69 Å². The number of hydrogen-bond donors (Lipinski definition) is 6. The minimum atomic E-state index is -1.63. The maximum Gasteiger partial charge on any atom is 0.251 e. The Morgan fingerprint density at radius 1 is 1.11 bits per heavy atom. The fourth-order valence-corrected chi connectivity index (χ4v) is 4.96. The van der Waals surface area contributed by atoms with E-state index in [9.17, 15) is 25.2 Å². The average molecular weight is 494 g/mol. The molecule has 1 fully saturated rings. The Morgan fingerprint density at radius 3 is 2.37 bits per heavy atom. The molecule has 2 aliphatic heterocycles. The predicted molar refractivity (Wildman–Crippen MR) is 133 cm³/mol. The number of piperidine rings is 1. The van der Waals surface area contributed by atoms with E-state index in [0.717, 1.165) is 25.3 Å². The summed E-state index contributed by atoms with van der Waals surface area (Å²) in [6.45, 7) is 9.61. The number of amidine groups is 1. The molecule has 0 saturated carbocycles. The Morgan fingerprint density at radius 2 is 1.77 bits per heavy atom. The lowest BCUT2D eigenvalue weighted by Gasteiger charge is -2.35. The molecule has 1 aromatic rings. The first-order valence-electron chi connectivity index (χ1n) is 12.5. The summed E-state index contributed by atoms with van der Waals surface area (Å²) in [6, 6.07) is 5.91. The minimum Gasteiger partial charge on any atom is -0.394 e. The molecule has 2 aliphatic rings. The lowest BCUT2D eigenvalue weighted by molar-refractivity contribution is -0.543. The third-order valence-electron chi connectivity index (χ3n) is 7.24. The summed E-state index contributed by atoms with van der Waals surface area (Å²) >= 11 is 0. The molecule has 4 atom stereocenters. The van der Waals surface area contributed by atoms with E-state index in [1.54, 1.807) is 0 Å². The van der Waals surface area contributed by atoms with Gasteiger partial charge in [-0.05, 0) is 38.8 Å². The molecule has 0 unspecified atom stereocenters. The molecule has 1 amide bonds. The molecule has 35 heavy (non-hydrogen) atoms. The topological polar surface area (TPSA) is 140 Å². The number of carbonyl (C=O) groups excluding carboxylic acids is 1. The molecule has 10 heteroatoms. The zero-order valence-corrected chi connectivity index (χ0v) is 21.0. The maximum atomic E-state index is 13.0. The van der Waals surface area contributed by atoms with Crippen molar-refractivity contribution in [2.24, 2.45) is 0 Å². The predicted octanol–water partition coefficient (Wildman–Crippen LogP) is -0.893. The summed E-state index contributed by atoms with van der Waals surface area (Å²) in [6.07, 6.45) is -4.58. The number of nitrogens with one attached hydrogen (secondary N) is 1. The number of amides is 1. The van der Waals surface area contributed by atoms with Gasteiger partial charge in [-0.1, -0.05) is 6.07 Å². The molecule has 1 saturated heterocycles. The number of fused-ring (bicyclic) bond motifs is 1. The molecule has 0 bridgehead atoms. The Balaban J connectivity index is 1.54. The van der Waals surface area contributed by atoms with Crippen LogP contribution in [0.2, 0.25) is 0 Å². The van der Waals surface area contributed by atoms with Gasteiger partial charge >= 0.3 is 0 Å². The molecule has 6 N–H and O–H groups in total. The third kappa shape index (κ3) is 6.38. The van der Waals surface area contributed by atoms with Crippen LogP contribution < -0.4 is 10.2 Å². The molecule has 1 aromatic carbocycles. The van der Waals surface area contributed by atoms with E-state index >= 15 is 0 Å².